The van der Waals surface area contributed by atoms with Crippen molar-refractivity contribution in [2.75, 3.05) is 19.8 Å². The van der Waals surface area contributed by atoms with Gasteiger partial charge in [-0.1, -0.05) is 11.6 Å². The first-order valence-corrected chi connectivity index (χ1v) is 5.99. The number of carboxylic acid groups (broad SMARTS) is 1. The zero-order valence-corrected chi connectivity index (χ0v) is 10.9. The zero-order valence-electron chi connectivity index (χ0n) is 10.2. The molecule has 2 amide bonds. The second kappa shape index (κ2) is 5.79. The number of amides is 2. The Bertz CT molecular complexity index is 573. The monoisotopic (exact) mass is 299 g/mol. The van der Waals surface area contributed by atoms with Gasteiger partial charge in [-0.3, -0.25) is 4.79 Å². The summed E-state index contributed by atoms with van der Waals surface area (Å²) in [7, 11) is 0. The van der Waals surface area contributed by atoms with E-state index in [0.717, 1.165) is 4.90 Å². The average Bonchev–Trinajstić information content (AvgIpc) is 2.83. The Balaban J connectivity index is 1.99. The molecule has 1 aromatic rings. The predicted molar refractivity (Wildman–Crippen MR) is 67.0 cm³/mol. The predicted octanol–water partition coefficient (Wildman–Crippen LogP) is 1.40. The number of ether oxygens (including phenoxy) is 2. The van der Waals surface area contributed by atoms with E-state index in [1.54, 1.807) is 0 Å². The summed E-state index contributed by atoms with van der Waals surface area (Å²) in [4.78, 5) is 34.5. The number of carbonyl (C=O) groups is 3. The molecule has 106 valence electrons. The minimum absolute atomic E-state index is 0.0109. The average molecular weight is 300 g/mol. The fourth-order valence-corrected chi connectivity index (χ4v) is 1.82. The van der Waals surface area contributed by atoms with E-state index in [2.05, 4.69) is 4.74 Å². The first kappa shape index (κ1) is 14.1. The van der Waals surface area contributed by atoms with Crippen LogP contribution < -0.4 is 4.74 Å². The minimum atomic E-state index is -1.12. The third kappa shape index (κ3) is 3.00. The van der Waals surface area contributed by atoms with Crippen LogP contribution in [0.25, 0.3) is 0 Å². The third-order valence-corrected chi connectivity index (χ3v) is 2.89. The van der Waals surface area contributed by atoms with Gasteiger partial charge >= 0.3 is 12.1 Å². The number of benzene rings is 1. The van der Waals surface area contributed by atoms with E-state index in [1.807, 2.05) is 0 Å². The van der Waals surface area contributed by atoms with Gasteiger partial charge in [0.05, 0.1) is 17.1 Å². The van der Waals surface area contributed by atoms with Crippen LogP contribution in [0.4, 0.5) is 4.79 Å². The molecule has 1 aliphatic heterocycles. The molecular weight excluding hydrogens is 290 g/mol. The molecule has 0 aliphatic carbocycles. The van der Waals surface area contributed by atoms with Gasteiger partial charge in [-0.15, -0.1) is 0 Å². The van der Waals surface area contributed by atoms with Crippen molar-refractivity contribution in [1.29, 1.82) is 0 Å². The van der Waals surface area contributed by atoms with E-state index in [1.165, 1.54) is 18.2 Å². The van der Waals surface area contributed by atoms with Gasteiger partial charge in [-0.25, -0.2) is 14.5 Å². The van der Waals surface area contributed by atoms with Gasteiger partial charge in [0, 0.05) is 0 Å². The number of aromatic carboxylic acids is 1. The molecule has 0 aromatic heterocycles. The SMILES string of the molecule is O=C(O)c1ccc(OCC(=O)N2CCOC2=O)c(Cl)c1. The number of cyclic esters (lactones) is 1. The van der Waals surface area contributed by atoms with Gasteiger partial charge in [-0.2, -0.15) is 0 Å². The summed E-state index contributed by atoms with van der Waals surface area (Å²) in [6.07, 6.45) is -0.703. The van der Waals surface area contributed by atoms with Gasteiger partial charge in [0.25, 0.3) is 5.91 Å². The second-order valence-electron chi connectivity index (χ2n) is 3.90. The number of hydrogen-bond acceptors (Lipinski definition) is 5. The Hall–Kier alpha value is -2.28. The van der Waals surface area contributed by atoms with Gasteiger partial charge in [0.2, 0.25) is 0 Å². The van der Waals surface area contributed by atoms with Crippen molar-refractivity contribution in [2.24, 2.45) is 0 Å². The maximum absolute atomic E-state index is 11.7. The first-order valence-electron chi connectivity index (χ1n) is 5.62. The molecule has 0 saturated carbocycles. The number of halogens is 1. The third-order valence-electron chi connectivity index (χ3n) is 2.59. The molecule has 1 N–H and O–H groups in total. The molecule has 1 aliphatic rings. The molecule has 20 heavy (non-hydrogen) atoms. The normalized spacial score (nSPS) is 14.1. The molecule has 7 nitrogen and oxygen atoms in total. The Labute approximate surface area is 118 Å². The van der Waals surface area contributed by atoms with Gasteiger partial charge < -0.3 is 14.6 Å². The van der Waals surface area contributed by atoms with Crippen LogP contribution in [0.3, 0.4) is 0 Å². The molecule has 1 aromatic carbocycles. The van der Waals surface area contributed by atoms with Crippen LogP contribution >= 0.6 is 11.6 Å². The minimum Gasteiger partial charge on any atom is -0.482 e. The summed E-state index contributed by atoms with van der Waals surface area (Å²) >= 11 is 5.84. The van der Waals surface area contributed by atoms with E-state index in [4.69, 9.17) is 21.4 Å². The van der Waals surface area contributed by atoms with Crippen LogP contribution in [-0.2, 0) is 9.53 Å². The fourth-order valence-electron chi connectivity index (χ4n) is 1.59. The maximum atomic E-state index is 11.7. The van der Waals surface area contributed by atoms with Crippen molar-refractivity contribution < 1.29 is 29.0 Å². The lowest BCUT2D eigenvalue weighted by atomic mass is 10.2. The highest BCUT2D eigenvalue weighted by molar-refractivity contribution is 6.32. The van der Waals surface area contributed by atoms with Crippen molar-refractivity contribution in [3.63, 3.8) is 0 Å². The van der Waals surface area contributed by atoms with Crippen molar-refractivity contribution in [3.05, 3.63) is 28.8 Å². The molecular formula is C12H10ClNO6. The van der Waals surface area contributed by atoms with Crippen molar-refractivity contribution >= 4 is 29.6 Å². The van der Waals surface area contributed by atoms with E-state index < -0.39 is 18.0 Å². The van der Waals surface area contributed by atoms with Crippen LogP contribution in [0.15, 0.2) is 18.2 Å². The smallest absolute Gasteiger partial charge is 0.416 e. The standard InChI is InChI=1S/C12H10ClNO6/c13-8-5-7(11(16)17)1-2-9(8)20-6-10(15)14-3-4-19-12(14)18/h1-2,5H,3-4,6H2,(H,16,17). The first-order chi connectivity index (χ1) is 9.49. The van der Waals surface area contributed by atoms with Crippen LogP contribution in [-0.4, -0.2) is 47.7 Å². The van der Waals surface area contributed by atoms with Crippen molar-refractivity contribution in [3.8, 4) is 5.75 Å². The maximum Gasteiger partial charge on any atom is 0.416 e. The molecule has 8 heteroatoms. The highest BCUT2D eigenvalue weighted by Gasteiger charge is 2.28. The molecule has 0 radical (unpaired) electrons. The van der Waals surface area contributed by atoms with Crippen molar-refractivity contribution in [1.82, 2.24) is 4.90 Å². The van der Waals surface area contributed by atoms with Crippen LogP contribution in [0.2, 0.25) is 5.02 Å². The molecule has 1 fully saturated rings. The summed E-state index contributed by atoms with van der Waals surface area (Å²) in [6.45, 7) is -0.0351. The Morgan fingerprint density at radius 3 is 2.75 bits per heavy atom. The summed E-state index contributed by atoms with van der Waals surface area (Å²) in [5.74, 6) is -1.50. The quantitative estimate of drug-likeness (QED) is 0.903. The molecule has 0 atom stereocenters. The topological polar surface area (TPSA) is 93.1 Å². The van der Waals surface area contributed by atoms with Gasteiger partial charge in [0.15, 0.2) is 6.61 Å². The summed E-state index contributed by atoms with van der Waals surface area (Å²) in [5.41, 5.74) is 0.0109. The van der Waals surface area contributed by atoms with Gasteiger partial charge in [-0.05, 0) is 18.2 Å². The fraction of sp³-hybridized carbons (Fsp3) is 0.250. The summed E-state index contributed by atoms with van der Waals surface area (Å²) in [6, 6.07) is 3.87. The largest absolute Gasteiger partial charge is 0.482 e. The molecule has 2 rings (SSSR count). The number of nitrogens with zero attached hydrogens (tertiary/aromatic N) is 1. The van der Waals surface area contributed by atoms with Crippen molar-refractivity contribution in [2.45, 2.75) is 0 Å². The lowest BCUT2D eigenvalue weighted by Crippen LogP contribution is -2.35. The highest BCUT2D eigenvalue weighted by atomic mass is 35.5. The lowest BCUT2D eigenvalue weighted by molar-refractivity contribution is -0.129. The van der Waals surface area contributed by atoms with E-state index in [0.29, 0.717) is 0 Å². The number of hydrogen-bond donors (Lipinski definition) is 1. The molecule has 0 unspecified atom stereocenters. The number of carbonyl (C=O) groups excluding carboxylic acids is 2. The molecule has 1 saturated heterocycles. The van der Waals surface area contributed by atoms with Crippen LogP contribution in [0, 0.1) is 0 Å². The molecule has 0 spiro atoms. The Kier molecular flexibility index (Phi) is 4.09. The van der Waals surface area contributed by atoms with E-state index >= 15 is 0 Å². The number of carboxylic acids is 1. The second-order valence-corrected chi connectivity index (χ2v) is 4.31. The summed E-state index contributed by atoms with van der Waals surface area (Å²) in [5, 5.41) is 8.85. The van der Waals surface area contributed by atoms with Crippen LogP contribution in [0.5, 0.6) is 5.75 Å². The lowest BCUT2D eigenvalue weighted by Gasteiger charge is -2.12. The zero-order chi connectivity index (χ0) is 14.7. The molecule has 0 bridgehead atoms. The Morgan fingerprint density at radius 2 is 2.20 bits per heavy atom. The summed E-state index contributed by atoms with van der Waals surface area (Å²) < 4.78 is 9.79. The Morgan fingerprint density at radius 1 is 1.45 bits per heavy atom. The number of imide groups is 1. The van der Waals surface area contributed by atoms with Gasteiger partial charge in [0.1, 0.15) is 12.4 Å². The number of rotatable bonds is 4. The molecule has 1 heterocycles. The van der Waals surface area contributed by atoms with E-state index in [-0.39, 0.29) is 36.1 Å². The highest BCUT2D eigenvalue weighted by Crippen LogP contribution is 2.25. The van der Waals surface area contributed by atoms with E-state index in [9.17, 15) is 14.4 Å². The van der Waals surface area contributed by atoms with Crippen LogP contribution in [0.1, 0.15) is 10.4 Å².